The summed E-state index contributed by atoms with van der Waals surface area (Å²) in [7, 11) is 0. The molecule has 0 aromatic carbocycles. The Labute approximate surface area is 145 Å². The van der Waals surface area contributed by atoms with Gasteiger partial charge < -0.3 is 15.2 Å². The molecule has 1 amide bonds. The molecule has 2 N–H and O–H groups in total. The van der Waals surface area contributed by atoms with Gasteiger partial charge in [0.05, 0.1) is 5.69 Å². The molecule has 2 aliphatic rings. The zero-order chi connectivity index (χ0) is 17.2. The van der Waals surface area contributed by atoms with E-state index in [1.807, 2.05) is 0 Å². The Kier molecular flexibility index (Phi) is 4.21. The molecule has 0 radical (unpaired) electrons. The minimum absolute atomic E-state index is 0.152. The molecule has 0 saturated carbocycles. The summed E-state index contributed by atoms with van der Waals surface area (Å²) in [5.74, 6) is 0.973. The van der Waals surface area contributed by atoms with E-state index in [9.17, 15) is 9.59 Å². The van der Waals surface area contributed by atoms with Crippen LogP contribution in [0, 0.1) is 5.92 Å². The number of pyridine rings is 1. The molecule has 3 heterocycles. The highest BCUT2D eigenvalue weighted by atomic mass is 16.2. The van der Waals surface area contributed by atoms with Crippen LogP contribution in [-0.2, 0) is 12.8 Å². The van der Waals surface area contributed by atoms with Gasteiger partial charge in [0, 0.05) is 31.7 Å². The molecule has 0 bridgehead atoms. The molecule has 0 spiro atoms. The van der Waals surface area contributed by atoms with E-state index in [4.69, 9.17) is 0 Å². The van der Waals surface area contributed by atoms with Gasteiger partial charge in [-0.1, -0.05) is 0 Å². The lowest BCUT2D eigenvalue weighted by Gasteiger charge is -2.40. The molecule has 1 saturated heterocycles. The van der Waals surface area contributed by atoms with E-state index in [0.29, 0.717) is 12.5 Å². The summed E-state index contributed by atoms with van der Waals surface area (Å²) >= 11 is 0. The van der Waals surface area contributed by atoms with Crippen LogP contribution < -0.4 is 15.8 Å². The number of nitrogens with zero attached hydrogens (tertiary/aromatic N) is 3. The van der Waals surface area contributed by atoms with E-state index in [0.717, 1.165) is 37.4 Å². The minimum atomic E-state index is -0.362. The lowest BCUT2D eigenvalue weighted by atomic mass is 9.95. The van der Waals surface area contributed by atoms with Gasteiger partial charge in [-0.25, -0.2) is 0 Å². The van der Waals surface area contributed by atoms with Crippen LogP contribution in [0.2, 0.25) is 0 Å². The maximum absolute atomic E-state index is 12.1. The van der Waals surface area contributed by atoms with Crippen molar-refractivity contribution in [2.24, 2.45) is 5.92 Å². The monoisotopic (exact) mass is 339 g/mol. The summed E-state index contributed by atoms with van der Waals surface area (Å²) in [4.78, 5) is 28.4. The van der Waals surface area contributed by atoms with E-state index in [1.54, 1.807) is 6.07 Å². The Morgan fingerprint density at radius 1 is 1.28 bits per heavy atom. The van der Waals surface area contributed by atoms with Crippen LogP contribution in [0.5, 0.6) is 0 Å². The van der Waals surface area contributed by atoms with Crippen molar-refractivity contribution in [3.05, 3.63) is 51.6 Å². The Bertz CT molecular complexity index is 841. The smallest absolute Gasteiger partial charge is 0.260 e. The van der Waals surface area contributed by atoms with Crippen molar-refractivity contribution in [3.8, 4) is 0 Å². The third-order valence-corrected chi connectivity index (χ3v) is 4.95. The second-order valence-electron chi connectivity index (χ2n) is 6.78. The second-order valence-corrected chi connectivity index (χ2v) is 6.78. The molecule has 1 aliphatic heterocycles. The van der Waals surface area contributed by atoms with Crippen molar-refractivity contribution in [2.75, 3.05) is 24.5 Å². The molecule has 2 aromatic rings. The highest BCUT2D eigenvalue weighted by Crippen LogP contribution is 2.26. The Morgan fingerprint density at radius 3 is 2.96 bits per heavy atom. The molecular weight excluding hydrogens is 318 g/mol. The molecular formula is C18H21N5O2. The first-order chi connectivity index (χ1) is 12.2. The van der Waals surface area contributed by atoms with Gasteiger partial charge in [-0.15, -0.1) is 5.10 Å². The SMILES string of the molecule is O=C(NCC1CN(c2cc3c(nn2)CCCC3)C1)c1ccc[nH]c1=O. The van der Waals surface area contributed by atoms with Crippen LogP contribution in [-0.4, -0.2) is 40.7 Å². The van der Waals surface area contributed by atoms with E-state index in [1.165, 1.54) is 30.7 Å². The van der Waals surface area contributed by atoms with Crippen LogP contribution in [0.1, 0.15) is 34.5 Å². The number of anilines is 1. The molecule has 2 aromatic heterocycles. The number of fused-ring (bicyclic) bond motifs is 1. The van der Waals surface area contributed by atoms with Crippen molar-refractivity contribution < 1.29 is 4.79 Å². The molecule has 1 fully saturated rings. The Balaban J connectivity index is 1.30. The Morgan fingerprint density at radius 2 is 2.12 bits per heavy atom. The molecule has 1 aliphatic carbocycles. The predicted molar refractivity (Wildman–Crippen MR) is 93.8 cm³/mol. The number of rotatable bonds is 4. The molecule has 0 unspecified atom stereocenters. The van der Waals surface area contributed by atoms with Crippen molar-refractivity contribution in [1.82, 2.24) is 20.5 Å². The van der Waals surface area contributed by atoms with E-state index < -0.39 is 0 Å². The van der Waals surface area contributed by atoms with E-state index >= 15 is 0 Å². The lowest BCUT2D eigenvalue weighted by molar-refractivity contribution is 0.0943. The topological polar surface area (TPSA) is 91.0 Å². The van der Waals surface area contributed by atoms with Crippen LogP contribution in [0.25, 0.3) is 0 Å². The van der Waals surface area contributed by atoms with Gasteiger partial charge in [-0.3, -0.25) is 9.59 Å². The number of nitrogens with one attached hydrogen (secondary N) is 2. The van der Waals surface area contributed by atoms with Crippen LogP contribution in [0.3, 0.4) is 0 Å². The maximum atomic E-state index is 12.1. The Hall–Kier alpha value is -2.70. The average Bonchev–Trinajstić information content (AvgIpc) is 2.60. The number of amides is 1. The van der Waals surface area contributed by atoms with Crippen molar-refractivity contribution in [2.45, 2.75) is 25.7 Å². The average molecular weight is 339 g/mol. The lowest BCUT2D eigenvalue weighted by Crippen LogP contribution is -2.52. The third kappa shape index (κ3) is 3.26. The van der Waals surface area contributed by atoms with Gasteiger partial charge >= 0.3 is 0 Å². The summed E-state index contributed by atoms with van der Waals surface area (Å²) in [5, 5.41) is 11.6. The van der Waals surface area contributed by atoms with Crippen LogP contribution in [0.15, 0.2) is 29.2 Å². The van der Waals surface area contributed by atoms with Crippen molar-refractivity contribution >= 4 is 11.7 Å². The standard InChI is InChI=1S/C18H21N5O2/c24-17-14(5-3-7-19-17)18(25)20-9-12-10-23(11-12)16-8-13-4-1-2-6-15(13)21-22-16/h3,5,7-8,12H,1-2,4,6,9-11H2,(H,19,24)(H,20,25). The molecule has 0 atom stereocenters. The summed E-state index contributed by atoms with van der Waals surface area (Å²) in [6.45, 7) is 2.25. The fraction of sp³-hybridized carbons (Fsp3) is 0.444. The van der Waals surface area contributed by atoms with E-state index in [-0.39, 0.29) is 17.0 Å². The number of hydrogen-bond acceptors (Lipinski definition) is 5. The van der Waals surface area contributed by atoms with Crippen molar-refractivity contribution in [1.29, 1.82) is 0 Å². The first-order valence-electron chi connectivity index (χ1n) is 8.77. The molecule has 7 nitrogen and oxygen atoms in total. The number of carbonyl (C=O) groups is 1. The third-order valence-electron chi connectivity index (χ3n) is 4.95. The van der Waals surface area contributed by atoms with Crippen LogP contribution in [0.4, 0.5) is 5.82 Å². The number of aromatic amines is 1. The van der Waals surface area contributed by atoms with Gasteiger partial charge in [-0.05, 0) is 49.4 Å². The molecule has 7 heteroatoms. The highest BCUT2D eigenvalue weighted by Gasteiger charge is 2.29. The summed E-state index contributed by atoms with van der Waals surface area (Å²) in [5.41, 5.74) is 2.27. The summed E-state index contributed by atoms with van der Waals surface area (Å²) < 4.78 is 0. The second kappa shape index (κ2) is 6.66. The number of carbonyl (C=O) groups excluding carboxylic acids is 1. The van der Waals surface area contributed by atoms with Gasteiger partial charge in [0.15, 0.2) is 5.82 Å². The van der Waals surface area contributed by atoms with Gasteiger partial charge in [0.25, 0.3) is 11.5 Å². The van der Waals surface area contributed by atoms with Gasteiger partial charge in [-0.2, -0.15) is 5.10 Å². The van der Waals surface area contributed by atoms with Gasteiger partial charge in [0.1, 0.15) is 5.56 Å². The van der Waals surface area contributed by atoms with Crippen LogP contribution >= 0.6 is 0 Å². The zero-order valence-corrected chi connectivity index (χ0v) is 14.0. The predicted octanol–water partition coefficient (Wildman–Crippen LogP) is 0.910. The molecule has 25 heavy (non-hydrogen) atoms. The largest absolute Gasteiger partial charge is 0.354 e. The highest BCUT2D eigenvalue weighted by molar-refractivity contribution is 5.93. The van der Waals surface area contributed by atoms with Gasteiger partial charge in [0.2, 0.25) is 0 Å². The number of H-pyrrole nitrogens is 1. The van der Waals surface area contributed by atoms with Crippen molar-refractivity contribution in [3.63, 3.8) is 0 Å². The zero-order valence-electron chi connectivity index (χ0n) is 14.0. The first-order valence-corrected chi connectivity index (χ1v) is 8.77. The maximum Gasteiger partial charge on any atom is 0.260 e. The molecule has 4 rings (SSSR count). The number of aryl methyl sites for hydroxylation is 2. The fourth-order valence-electron chi connectivity index (χ4n) is 3.45. The fourth-order valence-corrected chi connectivity index (χ4v) is 3.45. The van der Waals surface area contributed by atoms with E-state index in [2.05, 4.69) is 31.5 Å². The summed E-state index contributed by atoms with van der Waals surface area (Å²) in [6, 6.07) is 5.35. The molecule has 130 valence electrons. The number of aromatic nitrogens is 3. The minimum Gasteiger partial charge on any atom is -0.354 e. The number of hydrogen-bond donors (Lipinski definition) is 2. The quantitative estimate of drug-likeness (QED) is 0.864. The first kappa shape index (κ1) is 15.8. The normalized spacial score (nSPS) is 16.9. The summed E-state index contributed by atoms with van der Waals surface area (Å²) in [6.07, 6.45) is 6.08.